The Balaban J connectivity index is 1.93. The van der Waals surface area contributed by atoms with Gasteiger partial charge in [0, 0.05) is 10.0 Å². The second-order valence-corrected chi connectivity index (χ2v) is 11.1. The number of benzene rings is 2. The standard InChI is InChI=1S/C26H24Br2N2O5S/c1-5-34-25(33)21-14(4)29-26-30(22(21)15-6-8-18(9-7-15)35-13(2)3)24(32)20(36-26)11-16-10-17(27)12-19(28)23(16)31/h6-13,22,31H,5H2,1-4H3/b20-11-/t22-/m0/s1. The van der Waals surface area contributed by atoms with E-state index < -0.39 is 12.0 Å². The van der Waals surface area contributed by atoms with Gasteiger partial charge in [0.05, 0.1) is 39.0 Å². The van der Waals surface area contributed by atoms with E-state index >= 15 is 0 Å². The summed E-state index contributed by atoms with van der Waals surface area (Å²) in [6.45, 7) is 7.56. The Hall–Kier alpha value is -2.69. The zero-order valence-corrected chi connectivity index (χ0v) is 24.0. The molecule has 1 N–H and O–H groups in total. The third-order valence-corrected chi connectivity index (χ3v) is 7.47. The number of hydrogen-bond donors (Lipinski definition) is 1. The number of allylic oxidation sites excluding steroid dienone is 1. The first kappa shape index (κ1) is 26.4. The molecule has 0 spiro atoms. The van der Waals surface area contributed by atoms with E-state index in [1.165, 1.54) is 15.9 Å². The highest BCUT2D eigenvalue weighted by Crippen LogP contribution is 2.33. The largest absolute Gasteiger partial charge is 0.506 e. The van der Waals surface area contributed by atoms with Crippen molar-refractivity contribution in [3.63, 3.8) is 0 Å². The zero-order valence-electron chi connectivity index (χ0n) is 20.0. The van der Waals surface area contributed by atoms with Crippen LogP contribution < -0.4 is 19.6 Å². The molecule has 1 aliphatic rings. The van der Waals surface area contributed by atoms with Crippen LogP contribution in [0.4, 0.5) is 0 Å². The van der Waals surface area contributed by atoms with Crippen molar-refractivity contribution in [1.29, 1.82) is 0 Å². The van der Waals surface area contributed by atoms with Crippen molar-refractivity contribution in [3.8, 4) is 11.5 Å². The fraction of sp³-hybridized carbons (Fsp3) is 0.269. The van der Waals surface area contributed by atoms with E-state index in [0.717, 1.165) is 10.0 Å². The summed E-state index contributed by atoms with van der Waals surface area (Å²) >= 11 is 7.93. The van der Waals surface area contributed by atoms with Crippen LogP contribution in [0.2, 0.25) is 0 Å². The minimum Gasteiger partial charge on any atom is -0.506 e. The van der Waals surface area contributed by atoms with Crippen LogP contribution in [0.5, 0.6) is 11.5 Å². The molecule has 10 heteroatoms. The predicted octanol–water partition coefficient (Wildman–Crippen LogP) is 4.82. The van der Waals surface area contributed by atoms with Crippen LogP contribution in [-0.4, -0.2) is 28.4 Å². The van der Waals surface area contributed by atoms with Gasteiger partial charge in [-0.1, -0.05) is 39.4 Å². The molecule has 36 heavy (non-hydrogen) atoms. The highest BCUT2D eigenvalue weighted by molar-refractivity contribution is 9.11. The number of aromatic nitrogens is 1. The summed E-state index contributed by atoms with van der Waals surface area (Å²) in [7, 11) is 0. The number of fused-ring (bicyclic) bond motifs is 1. The van der Waals surface area contributed by atoms with Crippen molar-refractivity contribution in [1.82, 2.24) is 4.57 Å². The number of esters is 1. The maximum absolute atomic E-state index is 13.7. The van der Waals surface area contributed by atoms with Crippen molar-refractivity contribution in [2.45, 2.75) is 39.8 Å². The predicted molar refractivity (Wildman–Crippen MR) is 146 cm³/mol. The van der Waals surface area contributed by atoms with Crippen LogP contribution in [0.25, 0.3) is 6.08 Å². The number of thiazole rings is 1. The first-order chi connectivity index (χ1) is 17.1. The van der Waals surface area contributed by atoms with Crippen LogP contribution in [0, 0.1) is 0 Å². The molecule has 188 valence electrons. The van der Waals surface area contributed by atoms with Crippen molar-refractivity contribution in [3.05, 3.63) is 87.4 Å². The molecule has 1 aliphatic heterocycles. The molecule has 0 amide bonds. The Morgan fingerprint density at radius 2 is 1.94 bits per heavy atom. The molecule has 3 aromatic rings. The summed E-state index contributed by atoms with van der Waals surface area (Å²) in [4.78, 5) is 31.8. The molecule has 0 radical (unpaired) electrons. The molecule has 4 rings (SSSR count). The molecule has 0 saturated heterocycles. The third kappa shape index (κ3) is 5.21. The first-order valence-electron chi connectivity index (χ1n) is 11.2. The highest BCUT2D eigenvalue weighted by atomic mass is 79.9. The lowest BCUT2D eigenvalue weighted by atomic mass is 9.96. The highest BCUT2D eigenvalue weighted by Gasteiger charge is 2.33. The number of halogens is 2. The second kappa shape index (κ2) is 10.7. The number of aromatic hydroxyl groups is 1. The molecule has 0 bridgehead atoms. The Morgan fingerprint density at radius 1 is 1.25 bits per heavy atom. The van der Waals surface area contributed by atoms with E-state index in [-0.39, 0.29) is 24.0 Å². The number of hydrogen-bond acceptors (Lipinski definition) is 7. The van der Waals surface area contributed by atoms with Crippen LogP contribution in [0.1, 0.15) is 44.9 Å². The molecule has 2 heterocycles. The summed E-state index contributed by atoms with van der Waals surface area (Å²) in [6.07, 6.45) is 1.63. The Labute approximate surface area is 228 Å². The van der Waals surface area contributed by atoms with Gasteiger partial charge >= 0.3 is 5.97 Å². The van der Waals surface area contributed by atoms with Crippen molar-refractivity contribution >= 4 is 55.2 Å². The lowest BCUT2D eigenvalue weighted by Gasteiger charge is -2.25. The van der Waals surface area contributed by atoms with Gasteiger partial charge in [-0.2, -0.15) is 0 Å². The normalized spacial score (nSPS) is 15.6. The summed E-state index contributed by atoms with van der Waals surface area (Å²) < 4.78 is 14.2. The second-order valence-electron chi connectivity index (χ2n) is 8.36. The maximum atomic E-state index is 13.7. The minimum absolute atomic E-state index is 0.0141. The summed E-state index contributed by atoms with van der Waals surface area (Å²) in [5, 5.41) is 10.5. The average Bonchev–Trinajstić information content (AvgIpc) is 3.11. The van der Waals surface area contributed by atoms with E-state index in [2.05, 4.69) is 36.9 Å². The quantitative estimate of drug-likeness (QED) is 0.393. The Kier molecular flexibility index (Phi) is 7.87. The number of carbonyl (C=O) groups excluding carboxylic acids is 1. The summed E-state index contributed by atoms with van der Waals surface area (Å²) in [6, 6.07) is 10.0. The van der Waals surface area contributed by atoms with Crippen molar-refractivity contribution in [2.75, 3.05) is 6.61 Å². The van der Waals surface area contributed by atoms with Gasteiger partial charge in [0.25, 0.3) is 5.56 Å². The fourth-order valence-electron chi connectivity index (χ4n) is 3.94. The first-order valence-corrected chi connectivity index (χ1v) is 13.6. The van der Waals surface area contributed by atoms with Gasteiger partial charge in [0.15, 0.2) is 4.80 Å². The number of phenolic OH excluding ortho intramolecular Hbond substituents is 1. The summed E-state index contributed by atoms with van der Waals surface area (Å²) in [5.41, 5.74) is 1.66. The van der Waals surface area contributed by atoms with Gasteiger partial charge < -0.3 is 14.6 Å². The number of phenols is 1. The monoisotopic (exact) mass is 634 g/mol. The smallest absolute Gasteiger partial charge is 0.338 e. The molecule has 1 aromatic heterocycles. The SMILES string of the molecule is CCOC(=O)C1=C(C)N=c2s/c(=C\c3cc(Br)cc(Br)c3O)c(=O)n2[C@H]1c1ccc(OC(C)C)cc1. The van der Waals surface area contributed by atoms with Gasteiger partial charge in [-0.15, -0.1) is 0 Å². The third-order valence-electron chi connectivity index (χ3n) is 5.43. The van der Waals surface area contributed by atoms with E-state index in [0.29, 0.717) is 36.4 Å². The van der Waals surface area contributed by atoms with E-state index in [9.17, 15) is 14.7 Å². The van der Waals surface area contributed by atoms with Crippen LogP contribution in [0.3, 0.4) is 0 Å². The van der Waals surface area contributed by atoms with E-state index in [4.69, 9.17) is 9.47 Å². The lowest BCUT2D eigenvalue weighted by Crippen LogP contribution is -2.39. The molecule has 0 aliphatic carbocycles. The molecule has 0 saturated carbocycles. The molecule has 0 unspecified atom stereocenters. The Bertz CT molecular complexity index is 1540. The number of ether oxygens (including phenoxy) is 2. The topological polar surface area (TPSA) is 90.1 Å². The number of carbonyl (C=O) groups is 1. The van der Waals surface area contributed by atoms with Crippen LogP contribution in [0.15, 0.2) is 66.4 Å². The lowest BCUT2D eigenvalue weighted by molar-refractivity contribution is -0.139. The molecule has 0 fully saturated rings. The van der Waals surface area contributed by atoms with Gasteiger partial charge in [-0.05, 0) is 79.5 Å². The fourth-order valence-corrected chi connectivity index (χ4v) is 6.24. The maximum Gasteiger partial charge on any atom is 0.338 e. The minimum atomic E-state index is -0.724. The molecular weight excluding hydrogens is 612 g/mol. The average molecular weight is 636 g/mol. The number of rotatable bonds is 6. The van der Waals surface area contributed by atoms with Crippen molar-refractivity contribution in [2.24, 2.45) is 4.99 Å². The van der Waals surface area contributed by atoms with Crippen LogP contribution in [-0.2, 0) is 9.53 Å². The summed E-state index contributed by atoms with van der Waals surface area (Å²) in [5.74, 6) is 0.189. The Morgan fingerprint density at radius 3 is 2.58 bits per heavy atom. The molecule has 2 aromatic carbocycles. The number of nitrogens with zero attached hydrogens (tertiary/aromatic N) is 2. The van der Waals surface area contributed by atoms with Gasteiger partial charge in [0.2, 0.25) is 0 Å². The molecule has 1 atom stereocenters. The molecule has 7 nitrogen and oxygen atoms in total. The van der Waals surface area contributed by atoms with E-state index in [1.807, 2.05) is 38.1 Å². The van der Waals surface area contributed by atoms with Crippen LogP contribution >= 0.6 is 43.2 Å². The van der Waals surface area contributed by atoms with Gasteiger partial charge in [-0.3, -0.25) is 9.36 Å². The zero-order chi connectivity index (χ0) is 26.1. The van der Waals surface area contributed by atoms with Gasteiger partial charge in [0.1, 0.15) is 11.5 Å². The van der Waals surface area contributed by atoms with Crippen molar-refractivity contribution < 1.29 is 19.4 Å². The molecular formula is C26H24Br2N2O5S. The van der Waals surface area contributed by atoms with Gasteiger partial charge in [-0.25, -0.2) is 9.79 Å². The van der Waals surface area contributed by atoms with E-state index in [1.54, 1.807) is 32.1 Å².